The van der Waals surface area contributed by atoms with Crippen molar-refractivity contribution in [2.24, 2.45) is 5.92 Å². The Morgan fingerprint density at radius 1 is 0.698 bits per heavy atom. The van der Waals surface area contributed by atoms with Crippen molar-refractivity contribution in [1.82, 2.24) is 21.3 Å². The maximum absolute atomic E-state index is 12.8. The molecule has 4 amide bonds. The maximum Gasteiger partial charge on any atom is 0.408 e. The maximum atomic E-state index is 12.8. The number of carbonyl (C=O) groups excluding carboxylic acids is 7. The lowest BCUT2D eigenvalue weighted by Gasteiger charge is -2.23. The van der Waals surface area contributed by atoms with Crippen LogP contribution in [0.25, 0.3) is 0 Å². The van der Waals surface area contributed by atoms with Gasteiger partial charge < -0.3 is 40.2 Å². The summed E-state index contributed by atoms with van der Waals surface area (Å²) in [4.78, 5) is 86.0. The zero-order valence-corrected chi connectivity index (χ0v) is 27.1. The van der Waals surface area contributed by atoms with E-state index in [0.717, 1.165) is 33.1 Å². The summed E-state index contributed by atoms with van der Waals surface area (Å²) in [5, 5.41) is 9.99. The summed E-state index contributed by atoms with van der Waals surface area (Å²) in [6.07, 6.45) is -0.953. The highest BCUT2D eigenvalue weighted by atomic mass is 32.2. The molecule has 0 saturated heterocycles. The van der Waals surface area contributed by atoms with Crippen LogP contribution in [0.2, 0.25) is 0 Å². The predicted molar refractivity (Wildman–Crippen MR) is 157 cm³/mol. The SMILES string of the molecule is COC(=O)[C@H](CSC[C@@H](NC(=O)CC[C@@H](NC(=O)[C@H](CC(C)C)NC(C)=O)C(=O)OC)C(=O)OC)NC(=O)OC(C)(C)C. The molecular formula is C27H46N4O11S. The molecule has 16 heteroatoms. The van der Waals surface area contributed by atoms with Crippen molar-refractivity contribution in [2.75, 3.05) is 32.8 Å². The molecule has 15 nitrogen and oxygen atoms in total. The van der Waals surface area contributed by atoms with Crippen LogP contribution in [0.1, 0.15) is 60.8 Å². The molecule has 0 aromatic heterocycles. The Morgan fingerprint density at radius 2 is 1.19 bits per heavy atom. The average molecular weight is 635 g/mol. The average Bonchev–Trinajstić information content (AvgIpc) is 2.90. The number of alkyl carbamates (subject to hydrolysis) is 1. The summed E-state index contributed by atoms with van der Waals surface area (Å²) in [7, 11) is 3.42. The lowest BCUT2D eigenvalue weighted by Crippen LogP contribution is -2.52. The second-order valence-corrected chi connectivity index (χ2v) is 12.0. The van der Waals surface area contributed by atoms with Crippen molar-refractivity contribution in [2.45, 2.75) is 90.6 Å². The van der Waals surface area contributed by atoms with Crippen LogP contribution in [0.3, 0.4) is 0 Å². The minimum absolute atomic E-state index is 0.0163. The van der Waals surface area contributed by atoms with E-state index in [1.54, 1.807) is 20.8 Å². The number of methoxy groups -OCH3 is 3. The van der Waals surface area contributed by atoms with Crippen LogP contribution < -0.4 is 21.3 Å². The van der Waals surface area contributed by atoms with E-state index in [4.69, 9.17) is 18.9 Å². The summed E-state index contributed by atoms with van der Waals surface area (Å²) in [6, 6.07) is -4.32. The van der Waals surface area contributed by atoms with Crippen molar-refractivity contribution in [3.8, 4) is 0 Å². The molecule has 246 valence electrons. The van der Waals surface area contributed by atoms with Gasteiger partial charge in [-0.2, -0.15) is 11.8 Å². The normalized spacial score (nSPS) is 13.8. The molecule has 0 aromatic carbocycles. The van der Waals surface area contributed by atoms with E-state index in [0.29, 0.717) is 6.42 Å². The number of rotatable bonds is 17. The number of thioether (sulfide) groups is 1. The van der Waals surface area contributed by atoms with Crippen LogP contribution >= 0.6 is 11.8 Å². The zero-order valence-electron chi connectivity index (χ0n) is 26.3. The van der Waals surface area contributed by atoms with Crippen LogP contribution in [0, 0.1) is 5.92 Å². The summed E-state index contributed by atoms with van der Waals surface area (Å²) in [5.74, 6) is -3.93. The van der Waals surface area contributed by atoms with Gasteiger partial charge >= 0.3 is 24.0 Å². The van der Waals surface area contributed by atoms with E-state index in [1.807, 2.05) is 13.8 Å². The number of carbonyl (C=O) groups is 7. The molecule has 4 N–H and O–H groups in total. The highest BCUT2D eigenvalue weighted by Crippen LogP contribution is 2.12. The molecule has 0 aliphatic carbocycles. The van der Waals surface area contributed by atoms with Gasteiger partial charge in [-0.25, -0.2) is 19.2 Å². The minimum Gasteiger partial charge on any atom is -0.467 e. The van der Waals surface area contributed by atoms with Crippen molar-refractivity contribution in [3.05, 3.63) is 0 Å². The van der Waals surface area contributed by atoms with Gasteiger partial charge in [0.1, 0.15) is 29.8 Å². The van der Waals surface area contributed by atoms with Gasteiger partial charge in [0.25, 0.3) is 0 Å². The van der Waals surface area contributed by atoms with Gasteiger partial charge in [-0.3, -0.25) is 14.4 Å². The van der Waals surface area contributed by atoms with Gasteiger partial charge in [0.05, 0.1) is 21.3 Å². The van der Waals surface area contributed by atoms with E-state index in [-0.39, 0.29) is 30.3 Å². The Labute approximate surface area is 256 Å². The van der Waals surface area contributed by atoms with Crippen molar-refractivity contribution >= 4 is 53.5 Å². The number of nitrogens with one attached hydrogen (secondary N) is 4. The highest BCUT2D eigenvalue weighted by Gasteiger charge is 2.30. The van der Waals surface area contributed by atoms with Crippen LogP contribution in [0.5, 0.6) is 0 Å². The summed E-state index contributed by atoms with van der Waals surface area (Å²) in [5.41, 5.74) is -0.797. The number of ether oxygens (including phenoxy) is 4. The number of hydrogen-bond acceptors (Lipinski definition) is 12. The molecule has 0 aliphatic rings. The molecule has 0 aliphatic heterocycles. The van der Waals surface area contributed by atoms with Gasteiger partial charge in [0, 0.05) is 24.9 Å². The van der Waals surface area contributed by atoms with E-state index in [1.165, 1.54) is 6.92 Å². The standard InChI is InChI=1S/C27H46N4O11S/c1-15(2)12-18(28-16(3)32)22(34)30-17(23(35)39-7)10-11-21(33)29-19(24(36)40-8)13-43-14-20(25(37)41-9)31-26(38)42-27(4,5)6/h15,17-20H,10-14H2,1-9H3,(H,28,32)(H,29,33)(H,30,34)(H,31,38)/t17-,18+,19-,20+/m1/s1. The molecular weight excluding hydrogens is 588 g/mol. The second kappa shape index (κ2) is 19.6. The first-order valence-corrected chi connectivity index (χ1v) is 14.8. The lowest BCUT2D eigenvalue weighted by atomic mass is 10.0. The Balaban J connectivity index is 5.32. The smallest absolute Gasteiger partial charge is 0.408 e. The summed E-state index contributed by atoms with van der Waals surface area (Å²) < 4.78 is 19.4. The molecule has 0 saturated carbocycles. The van der Waals surface area contributed by atoms with Crippen LogP contribution in [-0.2, 0) is 47.7 Å². The van der Waals surface area contributed by atoms with Crippen molar-refractivity contribution in [1.29, 1.82) is 0 Å². The Hall–Kier alpha value is -3.56. The van der Waals surface area contributed by atoms with Crippen molar-refractivity contribution in [3.63, 3.8) is 0 Å². The van der Waals surface area contributed by atoms with E-state index >= 15 is 0 Å². The van der Waals surface area contributed by atoms with Crippen LogP contribution in [0.4, 0.5) is 4.79 Å². The number of amides is 4. The molecule has 0 unspecified atom stereocenters. The molecule has 43 heavy (non-hydrogen) atoms. The van der Waals surface area contributed by atoms with E-state index in [2.05, 4.69) is 21.3 Å². The third-order valence-electron chi connectivity index (χ3n) is 5.43. The topological polar surface area (TPSA) is 205 Å². The fourth-order valence-electron chi connectivity index (χ4n) is 3.53. The molecule has 0 spiro atoms. The fraction of sp³-hybridized carbons (Fsp3) is 0.741. The van der Waals surface area contributed by atoms with E-state index in [9.17, 15) is 33.6 Å². The number of esters is 3. The van der Waals surface area contributed by atoms with Gasteiger partial charge in [-0.1, -0.05) is 13.8 Å². The Kier molecular flexibility index (Phi) is 18.0. The Morgan fingerprint density at radius 3 is 1.63 bits per heavy atom. The molecule has 0 aromatic rings. The summed E-state index contributed by atoms with van der Waals surface area (Å²) >= 11 is 1.06. The first kappa shape index (κ1) is 39.4. The Bertz CT molecular complexity index is 984. The van der Waals surface area contributed by atoms with E-state index < -0.39 is 71.5 Å². The van der Waals surface area contributed by atoms with Crippen LogP contribution in [0.15, 0.2) is 0 Å². The fourth-order valence-corrected chi connectivity index (χ4v) is 4.58. The minimum atomic E-state index is -1.20. The first-order chi connectivity index (χ1) is 19.9. The van der Waals surface area contributed by atoms with Gasteiger partial charge in [-0.05, 0) is 39.5 Å². The van der Waals surface area contributed by atoms with Gasteiger partial charge in [0.15, 0.2) is 0 Å². The lowest BCUT2D eigenvalue weighted by molar-refractivity contribution is -0.146. The second-order valence-electron chi connectivity index (χ2n) is 10.9. The van der Waals surface area contributed by atoms with Crippen molar-refractivity contribution < 1.29 is 52.5 Å². The largest absolute Gasteiger partial charge is 0.467 e. The predicted octanol–water partition coefficient (Wildman–Crippen LogP) is 0.433. The highest BCUT2D eigenvalue weighted by molar-refractivity contribution is 7.99. The van der Waals surface area contributed by atoms with Crippen LogP contribution in [-0.4, -0.2) is 104 Å². The third-order valence-corrected chi connectivity index (χ3v) is 6.57. The van der Waals surface area contributed by atoms with Gasteiger partial charge in [-0.15, -0.1) is 0 Å². The first-order valence-electron chi connectivity index (χ1n) is 13.6. The number of hydrogen-bond donors (Lipinski definition) is 4. The molecule has 0 fully saturated rings. The molecule has 0 radical (unpaired) electrons. The molecule has 0 rings (SSSR count). The quantitative estimate of drug-likeness (QED) is 0.127. The molecule has 0 heterocycles. The zero-order chi connectivity index (χ0) is 33.3. The third kappa shape index (κ3) is 17.2. The van der Waals surface area contributed by atoms with Gasteiger partial charge in [0.2, 0.25) is 17.7 Å². The monoisotopic (exact) mass is 634 g/mol. The molecule has 4 atom stereocenters. The summed E-state index contributed by atoms with van der Waals surface area (Å²) in [6.45, 7) is 9.99. The molecule has 0 bridgehead atoms.